The van der Waals surface area contributed by atoms with E-state index in [1.54, 1.807) is 6.20 Å². The van der Waals surface area contributed by atoms with Crippen molar-refractivity contribution in [2.45, 2.75) is 0 Å². The van der Waals surface area contributed by atoms with Crippen LogP contribution < -0.4 is 4.57 Å². The highest BCUT2D eigenvalue weighted by molar-refractivity contribution is 6.12. The molecule has 6 rings (SSSR count). The summed E-state index contributed by atoms with van der Waals surface area (Å²) in [6.45, 7) is 0. The van der Waals surface area contributed by atoms with Crippen LogP contribution in [0.1, 0.15) is 0 Å². The van der Waals surface area contributed by atoms with Crippen molar-refractivity contribution in [2.75, 3.05) is 0 Å². The smallest absolute Gasteiger partial charge is 0.268 e. The second-order valence-corrected chi connectivity index (χ2v) is 6.97. The van der Waals surface area contributed by atoms with Crippen molar-refractivity contribution in [1.82, 2.24) is 19.1 Å². The molecular weight excluding hydrogens is 358 g/mol. The average Bonchev–Trinajstić information content (AvgIpc) is 3.53. The quantitative estimate of drug-likeness (QED) is 0.362. The minimum atomic E-state index is 1.06. The number of fused-ring (bicyclic) bond motifs is 3. The summed E-state index contributed by atoms with van der Waals surface area (Å²) in [7, 11) is 0. The molecule has 6 aromatic rings. The van der Waals surface area contributed by atoms with Gasteiger partial charge >= 0.3 is 0 Å². The van der Waals surface area contributed by atoms with E-state index in [1.165, 1.54) is 10.8 Å². The molecule has 1 N–H and O–H groups in total. The van der Waals surface area contributed by atoms with Gasteiger partial charge in [0.1, 0.15) is 0 Å². The van der Waals surface area contributed by atoms with Crippen LogP contribution in [0.5, 0.6) is 0 Å². The van der Waals surface area contributed by atoms with Crippen LogP contribution in [0.4, 0.5) is 0 Å². The maximum Gasteiger partial charge on any atom is 0.268 e. The lowest BCUT2D eigenvalue weighted by molar-refractivity contribution is -0.599. The number of H-pyrrole nitrogens is 1. The van der Waals surface area contributed by atoms with Gasteiger partial charge in [-0.2, -0.15) is 0 Å². The molecule has 0 aliphatic rings. The number of benzene rings is 3. The highest BCUT2D eigenvalue weighted by Gasteiger charge is 2.13. The van der Waals surface area contributed by atoms with Crippen molar-refractivity contribution < 1.29 is 4.57 Å². The van der Waals surface area contributed by atoms with Gasteiger partial charge in [0.05, 0.1) is 34.4 Å². The highest BCUT2D eigenvalue weighted by Crippen LogP contribution is 2.32. The van der Waals surface area contributed by atoms with Crippen molar-refractivity contribution in [1.29, 1.82) is 0 Å². The van der Waals surface area contributed by atoms with Crippen molar-refractivity contribution in [2.24, 2.45) is 0 Å². The number of para-hydroxylation sites is 3. The summed E-state index contributed by atoms with van der Waals surface area (Å²) in [4.78, 5) is 7.85. The number of hydrogen-bond acceptors (Lipinski definition) is 1. The fraction of sp³-hybridized carbons (Fsp3) is 0. The molecule has 0 spiro atoms. The molecule has 0 saturated carbocycles. The third-order valence-electron chi connectivity index (χ3n) is 5.28. The predicted molar refractivity (Wildman–Crippen MR) is 113 cm³/mol. The lowest BCUT2D eigenvalue weighted by atomic mass is 10.1. The lowest BCUT2D eigenvalue weighted by Crippen LogP contribution is -2.27. The van der Waals surface area contributed by atoms with Crippen LogP contribution in [-0.2, 0) is 0 Å². The van der Waals surface area contributed by atoms with Crippen LogP contribution in [-0.4, -0.2) is 19.1 Å². The first-order valence-electron chi connectivity index (χ1n) is 9.48. The molecule has 29 heavy (non-hydrogen) atoms. The Bertz CT molecular complexity index is 1440. The maximum absolute atomic E-state index is 4.19. The SMILES string of the molecule is [c-]1n(-c2cccc3c2[nH]c2c(-n4ccnc4)cccc23)cc[n+]1-c1ccccc1. The molecule has 0 amide bonds. The van der Waals surface area contributed by atoms with Gasteiger partial charge in [0.15, 0.2) is 0 Å². The van der Waals surface area contributed by atoms with E-state index in [-0.39, 0.29) is 0 Å². The van der Waals surface area contributed by atoms with Crippen molar-refractivity contribution in [3.63, 3.8) is 0 Å². The van der Waals surface area contributed by atoms with Gasteiger partial charge < -0.3 is 9.55 Å². The van der Waals surface area contributed by atoms with E-state index in [9.17, 15) is 0 Å². The fourth-order valence-electron chi connectivity index (χ4n) is 3.92. The Morgan fingerprint density at radius 3 is 2.31 bits per heavy atom. The second-order valence-electron chi connectivity index (χ2n) is 6.97. The monoisotopic (exact) mass is 375 g/mol. The van der Waals surface area contributed by atoms with Gasteiger partial charge in [-0.15, -0.1) is 0 Å². The molecule has 0 saturated heterocycles. The van der Waals surface area contributed by atoms with Crippen LogP contribution in [0, 0.1) is 6.33 Å². The summed E-state index contributed by atoms with van der Waals surface area (Å²) in [6.07, 6.45) is 13.1. The molecular formula is C24H17N5. The molecule has 3 aromatic heterocycles. The van der Waals surface area contributed by atoms with E-state index >= 15 is 0 Å². The van der Waals surface area contributed by atoms with Crippen molar-refractivity contribution in [3.05, 3.63) is 104 Å². The Labute approximate surface area is 167 Å². The minimum absolute atomic E-state index is 1.06. The molecule has 0 radical (unpaired) electrons. The molecule has 5 nitrogen and oxygen atoms in total. The third kappa shape index (κ3) is 2.48. The van der Waals surface area contributed by atoms with Crippen LogP contribution >= 0.6 is 0 Å². The van der Waals surface area contributed by atoms with Crippen LogP contribution in [0.25, 0.3) is 38.9 Å². The Kier molecular flexibility index (Phi) is 3.40. The third-order valence-corrected chi connectivity index (χ3v) is 5.28. The summed E-state index contributed by atoms with van der Waals surface area (Å²) in [6, 6.07) is 22.9. The molecule has 0 atom stereocenters. The zero-order chi connectivity index (χ0) is 19.2. The van der Waals surface area contributed by atoms with Crippen LogP contribution in [0.3, 0.4) is 0 Å². The van der Waals surface area contributed by atoms with E-state index in [4.69, 9.17) is 0 Å². The van der Waals surface area contributed by atoms with Gasteiger partial charge in [-0.25, -0.2) is 4.98 Å². The zero-order valence-corrected chi connectivity index (χ0v) is 15.5. The zero-order valence-electron chi connectivity index (χ0n) is 15.5. The standard InChI is InChI=1S/C24H17N5/c1-2-6-18(7-3-1)28-14-15-29(17-28)22-11-5-9-20-19-8-4-10-21(23(19)26-24(20)22)27-13-12-25-16-27/h1-16,26H. The fourth-order valence-corrected chi connectivity index (χ4v) is 3.92. The van der Waals surface area contributed by atoms with Crippen molar-refractivity contribution >= 4 is 21.8 Å². The number of aromatic nitrogens is 5. The number of nitrogens with zero attached hydrogens (tertiary/aromatic N) is 4. The highest BCUT2D eigenvalue weighted by atomic mass is 15.1. The molecule has 0 bridgehead atoms. The average molecular weight is 375 g/mol. The Morgan fingerprint density at radius 2 is 1.55 bits per heavy atom. The molecule has 0 unspecified atom stereocenters. The summed E-state index contributed by atoms with van der Waals surface area (Å²) in [5.41, 5.74) is 5.40. The van der Waals surface area contributed by atoms with E-state index < -0.39 is 0 Å². The minimum Gasteiger partial charge on any atom is -0.356 e. The predicted octanol–water partition coefficient (Wildman–Crippen LogP) is 4.37. The number of imidazole rings is 2. The largest absolute Gasteiger partial charge is 0.356 e. The van der Waals surface area contributed by atoms with E-state index in [0.717, 1.165) is 28.1 Å². The first-order chi connectivity index (χ1) is 14.4. The second kappa shape index (κ2) is 6.21. The van der Waals surface area contributed by atoms with E-state index in [1.807, 2.05) is 56.8 Å². The summed E-state index contributed by atoms with van der Waals surface area (Å²) in [5, 5.41) is 2.38. The maximum atomic E-state index is 4.19. The molecule has 5 heteroatoms. The first kappa shape index (κ1) is 15.9. The summed E-state index contributed by atoms with van der Waals surface area (Å²) >= 11 is 0. The van der Waals surface area contributed by atoms with Gasteiger partial charge in [0.25, 0.3) is 6.33 Å². The van der Waals surface area contributed by atoms with Gasteiger partial charge in [0.2, 0.25) is 0 Å². The summed E-state index contributed by atoms with van der Waals surface area (Å²) in [5.74, 6) is 0. The Hall–Kier alpha value is -4.12. The van der Waals surface area contributed by atoms with Crippen LogP contribution in [0.2, 0.25) is 0 Å². The Balaban J connectivity index is 1.56. The molecule has 3 aromatic carbocycles. The van der Waals surface area contributed by atoms with Crippen molar-refractivity contribution in [3.8, 4) is 17.1 Å². The molecule has 0 aliphatic carbocycles. The lowest BCUT2D eigenvalue weighted by Gasteiger charge is -2.03. The normalized spacial score (nSPS) is 11.4. The van der Waals surface area contributed by atoms with E-state index in [0.29, 0.717) is 0 Å². The van der Waals surface area contributed by atoms with Gasteiger partial charge in [0, 0.05) is 35.6 Å². The molecule has 138 valence electrons. The van der Waals surface area contributed by atoms with Gasteiger partial charge in [-0.05, 0) is 24.3 Å². The topological polar surface area (TPSA) is 42.4 Å². The van der Waals surface area contributed by atoms with E-state index in [2.05, 4.69) is 64.8 Å². The molecule has 0 aliphatic heterocycles. The first-order valence-corrected chi connectivity index (χ1v) is 9.48. The number of aromatic amines is 1. The van der Waals surface area contributed by atoms with Crippen LogP contribution in [0.15, 0.2) is 97.8 Å². The number of rotatable bonds is 3. The number of nitrogens with one attached hydrogen (secondary N) is 1. The van der Waals surface area contributed by atoms with Gasteiger partial charge in [-0.3, -0.25) is 9.13 Å². The van der Waals surface area contributed by atoms with Gasteiger partial charge in [-0.1, -0.05) is 42.5 Å². The number of hydrogen-bond donors (Lipinski definition) is 1. The molecule has 0 fully saturated rings. The summed E-state index contributed by atoms with van der Waals surface area (Å²) < 4.78 is 6.06. The molecule has 3 heterocycles. The Morgan fingerprint density at radius 1 is 0.793 bits per heavy atom.